The molecule has 0 aromatic heterocycles. The SMILES string of the molecule is CN(C1=NC(=O)/C(=C/c2ccc(O)cc2)S1)c1ccccc1C(=O)O. The van der Waals surface area contributed by atoms with E-state index in [1.54, 1.807) is 48.4 Å². The summed E-state index contributed by atoms with van der Waals surface area (Å²) in [6, 6.07) is 13.0. The molecular formula is C18H14N2O4S. The minimum atomic E-state index is -1.04. The van der Waals surface area contributed by atoms with Gasteiger partial charge in [-0.05, 0) is 47.7 Å². The molecule has 7 heteroatoms. The van der Waals surface area contributed by atoms with Gasteiger partial charge in [0.05, 0.1) is 16.2 Å². The number of para-hydroxylation sites is 1. The van der Waals surface area contributed by atoms with Crippen LogP contribution in [-0.4, -0.2) is 34.3 Å². The number of carbonyl (C=O) groups excluding carboxylic acids is 1. The van der Waals surface area contributed by atoms with Crippen molar-refractivity contribution >= 4 is 40.6 Å². The number of carboxylic acids is 1. The van der Waals surface area contributed by atoms with Crippen LogP contribution in [0.25, 0.3) is 6.08 Å². The second-order valence-electron chi connectivity index (χ2n) is 5.28. The van der Waals surface area contributed by atoms with Gasteiger partial charge < -0.3 is 15.1 Å². The summed E-state index contributed by atoms with van der Waals surface area (Å²) in [5.74, 6) is -1.28. The van der Waals surface area contributed by atoms with Gasteiger partial charge in [0, 0.05) is 7.05 Å². The molecule has 1 heterocycles. The molecule has 0 fully saturated rings. The van der Waals surface area contributed by atoms with Crippen LogP contribution in [0, 0.1) is 0 Å². The Bertz CT molecular complexity index is 904. The summed E-state index contributed by atoms with van der Waals surface area (Å²) in [5.41, 5.74) is 1.36. The lowest BCUT2D eigenvalue weighted by atomic mass is 10.1. The van der Waals surface area contributed by atoms with Crippen LogP contribution < -0.4 is 4.90 Å². The van der Waals surface area contributed by atoms with E-state index in [-0.39, 0.29) is 17.2 Å². The van der Waals surface area contributed by atoms with Crippen LogP contribution in [0.3, 0.4) is 0 Å². The van der Waals surface area contributed by atoms with Crippen LogP contribution in [0.2, 0.25) is 0 Å². The van der Waals surface area contributed by atoms with Gasteiger partial charge in [-0.1, -0.05) is 24.3 Å². The van der Waals surface area contributed by atoms with Crippen molar-refractivity contribution in [1.29, 1.82) is 0 Å². The predicted octanol–water partition coefficient (Wildman–Crippen LogP) is 3.20. The van der Waals surface area contributed by atoms with Crippen LogP contribution in [-0.2, 0) is 4.79 Å². The molecule has 126 valence electrons. The Hall–Kier alpha value is -3.06. The maximum Gasteiger partial charge on any atom is 0.337 e. The van der Waals surface area contributed by atoms with Gasteiger partial charge in [0.15, 0.2) is 5.17 Å². The Morgan fingerprint density at radius 3 is 2.52 bits per heavy atom. The third-order valence-electron chi connectivity index (χ3n) is 3.58. The molecule has 1 aliphatic heterocycles. The van der Waals surface area contributed by atoms with Gasteiger partial charge in [-0.15, -0.1) is 0 Å². The van der Waals surface area contributed by atoms with Crippen molar-refractivity contribution in [3.63, 3.8) is 0 Å². The summed E-state index contributed by atoms with van der Waals surface area (Å²) < 4.78 is 0. The van der Waals surface area contributed by atoms with E-state index in [1.165, 1.54) is 30.0 Å². The van der Waals surface area contributed by atoms with Crippen molar-refractivity contribution in [2.45, 2.75) is 0 Å². The number of phenols is 1. The average Bonchev–Trinajstić information content (AvgIpc) is 2.97. The van der Waals surface area contributed by atoms with Crippen LogP contribution in [0.4, 0.5) is 5.69 Å². The fourth-order valence-corrected chi connectivity index (χ4v) is 3.20. The van der Waals surface area contributed by atoms with Gasteiger partial charge in [-0.2, -0.15) is 4.99 Å². The molecule has 0 bridgehead atoms. The highest BCUT2D eigenvalue weighted by Gasteiger charge is 2.26. The Kier molecular flexibility index (Phi) is 4.58. The summed E-state index contributed by atoms with van der Waals surface area (Å²) in [4.78, 5) is 29.5. The first-order chi connectivity index (χ1) is 12.0. The van der Waals surface area contributed by atoms with Crippen molar-refractivity contribution < 1.29 is 19.8 Å². The number of carbonyl (C=O) groups is 2. The second kappa shape index (κ2) is 6.82. The Labute approximate surface area is 148 Å². The Morgan fingerprint density at radius 2 is 1.84 bits per heavy atom. The summed E-state index contributed by atoms with van der Waals surface area (Å²) in [6.07, 6.45) is 1.68. The van der Waals surface area contributed by atoms with Gasteiger partial charge in [0.1, 0.15) is 5.75 Å². The first kappa shape index (κ1) is 16.8. The number of hydrogen-bond acceptors (Lipinski definition) is 5. The Morgan fingerprint density at radius 1 is 1.16 bits per heavy atom. The summed E-state index contributed by atoms with van der Waals surface area (Å²) in [6.45, 7) is 0. The summed E-state index contributed by atoms with van der Waals surface area (Å²) in [7, 11) is 1.67. The molecule has 0 aliphatic carbocycles. The summed E-state index contributed by atoms with van der Waals surface area (Å²) in [5, 5.41) is 19.0. The van der Waals surface area contributed by atoms with Crippen molar-refractivity contribution in [3.05, 3.63) is 64.6 Å². The lowest BCUT2D eigenvalue weighted by Gasteiger charge is -2.19. The van der Waals surface area contributed by atoms with Crippen molar-refractivity contribution in [2.75, 3.05) is 11.9 Å². The van der Waals surface area contributed by atoms with E-state index in [1.807, 2.05) is 0 Å². The number of hydrogen-bond donors (Lipinski definition) is 2. The zero-order valence-electron chi connectivity index (χ0n) is 13.2. The fourth-order valence-electron chi connectivity index (χ4n) is 2.31. The quantitative estimate of drug-likeness (QED) is 0.823. The van der Waals surface area contributed by atoms with E-state index in [4.69, 9.17) is 0 Å². The normalized spacial score (nSPS) is 15.3. The largest absolute Gasteiger partial charge is 0.508 e. The maximum absolute atomic E-state index is 12.1. The molecule has 0 unspecified atom stereocenters. The summed E-state index contributed by atoms with van der Waals surface area (Å²) >= 11 is 1.17. The molecule has 0 spiro atoms. The molecule has 0 saturated heterocycles. The van der Waals surface area contributed by atoms with Crippen molar-refractivity contribution in [3.8, 4) is 5.75 Å². The van der Waals surface area contributed by atoms with E-state index < -0.39 is 5.97 Å². The predicted molar refractivity (Wildman–Crippen MR) is 97.9 cm³/mol. The van der Waals surface area contributed by atoms with E-state index in [0.29, 0.717) is 15.8 Å². The Balaban J connectivity index is 1.86. The molecule has 2 N–H and O–H groups in total. The smallest absolute Gasteiger partial charge is 0.337 e. The molecule has 3 rings (SSSR count). The third kappa shape index (κ3) is 3.56. The number of rotatable bonds is 3. The zero-order valence-corrected chi connectivity index (χ0v) is 14.0. The number of thioether (sulfide) groups is 1. The minimum Gasteiger partial charge on any atom is -0.508 e. The number of aliphatic imine (C=N–C) groups is 1. The topological polar surface area (TPSA) is 90.2 Å². The van der Waals surface area contributed by atoms with E-state index in [9.17, 15) is 19.8 Å². The lowest BCUT2D eigenvalue weighted by molar-refractivity contribution is -0.113. The molecule has 2 aromatic rings. The molecule has 2 aromatic carbocycles. The number of phenolic OH excluding ortho intramolecular Hbond substituents is 1. The van der Waals surface area contributed by atoms with E-state index >= 15 is 0 Å². The number of anilines is 1. The van der Waals surface area contributed by atoms with E-state index in [2.05, 4.69) is 4.99 Å². The first-order valence-electron chi connectivity index (χ1n) is 7.33. The van der Waals surface area contributed by atoms with Crippen LogP contribution in [0.15, 0.2) is 58.4 Å². The monoisotopic (exact) mass is 354 g/mol. The number of carboxylic acid groups (broad SMARTS) is 1. The second-order valence-corrected chi connectivity index (χ2v) is 6.29. The van der Waals surface area contributed by atoms with Gasteiger partial charge in [-0.25, -0.2) is 4.79 Å². The number of aromatic carboxylic acids is 1. The minimum absolute atomic E-state index is 0.136. The molecule has 25 heavy (non-hydrogen) atoms. The number of benzene rings is 2. The molecule has 0 saturated carbocycles. The number of aromatic hydroxyl groups is 1. The maximum atomic E-state index is 12.1. The van der Waals surface area contributed by atoms with Crippen molar-refractivity contribution in [1.82, 2.24) is 0 Å². The molecule has 1 aliphatic rings. The van der Waals surface area contributed by atoms with Gasteiger partial charge in [0.2, 0.25) is 0 Å². The highest BCUT2D eigenvalue weighted by atomic mass is 32.2. The zero-order chi connectivity index (χ0) is 18.0. The van der Waals surface area contributed by atoms with Crippen LogP contribution in [0.1, 0.15) is 15.9 Å². The number of amidine groups is 1. The lowest BCUT2D eigenvalue weighted by Crippen LogP contribution is -2.24. The van der Waals surface area contributed by atoms with Gasteiger partial charge >= 0.3 is 5.97 Å². The van der Waals surface area contributed by atoms with Crippen LogP contribution >= 0.6 is 11.8 Å². The molecule has 0 radical (unpaired) electrons. The average molecular weight is 354 g/mol. The third-order valence-corrected chi connectivity index (χ3v) is 4.64. The van der Waals surface area contributed by atoms with E-state index in [0.717, 1.165) is 5.56 Å². The number of nitrogens with zero attached hydrogens (tertiary/aromatic N) is 2. The molecular weight excluding hydrogens is 340 g/mol. The van der Waals surface area contributed by atoms with Gasteiger partial charge in [-0.3, -0.25) is 4.79 Å². The highest BCUT2D eigenvalue weighted by molar-refractivity contribution is 8.18. The number of amides is 1. The van der Waals surface area contributed by atoms with Crippen molar-refractivity contribution in [2.24, 2.45) is 4.99 Å². The highest BCUT2D eigenvalue weighted by Crippen LogP contribution is 2.33. The fraction of sp³-hybridized carbons (Fsp3) is 0.0556. The molecule has 1 amide bonds. The van der Waals surface area contributed by atoms with Crippen LogP contribution in [0.5, 0.6) is 5.75 Å². The first-order valence-corrected chi connectivity index (χ1v) is 8.15. The molecule has 6 nitrogen and oxygen atoms in total. The standard InChI is InChI=1S/C18H14N2O4S/c1-20(14-5-3-2-4-13(14)17(23)24)18-19-16(22)15(25-18)10-11-6-8-12(21)9-7-11/h2-10,21H,1H3,(H,23,24)/b15-10-. The van der Waals surface area contributed by atoms with Gasteiger partial charge in [0.25, 0.3) is 5.91 Å². The molecule has 0 atom stereocenters.